The number of aliphatic hydroxyl groups excluding tert-OH is 1. The highest BCUT2D eigenvalue weighted by Crippen LogP contribution is 2.37. The summed E-state index contributed by atoms with van der Waals surface area (Å²) in [5.41, 5.74) is -0.514. The minimum absolute atomic E-state index is 0.000224. The van der Waals surface area contributed by atoms with Crippen LogP contribution in [0, 0.1) is 0 Å². The second-order valence-electron chi connectivity index (χ2n) is 7.37. The van der Waals surface area contributed by atoms with Crippen LogP contribution in [0.1, 0.15) is 45.4 Å². The van der Waals surface area contributed by atoms with Crippen LogP contribution in [-0.4, -0.2) is 51.0 Å². The van der Waals surface area contributed by atoms with E-state index in [-0.39, 0.29) is 22.4 Å². The van der Waals surface area contributed by atoms with Crippen LogP contribution in [0.15, 0.2) is 34.1 Å². The molecule has 2 fully saturated rings. The Morgan fingerprint density at radius 1 is 1.15 bits per heavy atom. The molecule has 26 heavy (non-hydrogen) atoms. The van der Waals surface area contributed by atoms with Crippen molar-refractivity contribution in [3.63, 3.8) is 0 Å². The zero-order chi connectivity index (χ0) is 19.0. The van der Waals surface area contributed by atoms with Gasteiger partial charge in [-0.15, -0.1) is 0 Å². The van der Waals surface area contributed by atoms with E-state index in [0.29, 0.717) is 19.4 Å². The van der Waals surface area contributed by atoms with Crippen LogP contribution in [0.4, 0.5) is 0 Å². The number of rotatable bonds is 8. The van der Waals surface area contributed by atoms with Crippen molar-refractivity contribution in [3.05, 3.63) is 24.3 Å². The van der Waals surface area contributed by atoms with Crippen molar-refractivity contribution in [1.82, 2.24) is 9.03 Å². The number of benzene rings is 1. The molecule has 9 heteroatoms. The number of sulfonamides is 2. The zero-order valence-electron chi connectivity index (χ0n) is 14.9. The van der Waals surface area contributed by atoms with Gasteiger partial charge in [0.1, 0.15) is 0 Å². The lowest BCUT2D eigenvalue weighted by Crippen LogP contribution is -2.45. The average molecular weight is 403 g/mol. The molecule has 0 amide bonds. The van der Waals surface area contributed by atoms with Gasteiger partial charge in [0.15, 0.2) is 0 Å². The maximum Gasteiger partial charge on any atom is 0.243 e. The fraction of sp³-hybridized carbons (Fsp3) is 0.647. The van der Waals surface area contributed by atoms with Crippen molar-refractivity contribution >= 4 is 20.0 Å². The van der Waals surface area contributed by atoms with E-state index in [2.05, 4.69) is 4.72 Å². The van der Waals surface area contributed by atoms with Gasteiger partial charge in [-0.1, -0.05) is 0 Å². The molecule has 3 rings (SSSR count). The molecule has 1 aromatic rings. The summed E-state index contributed by atoms with van der Waals surface area (Å²) in [5.74, 6) is 0. The second-order valence-corrected chi connectivity index (χ2v) is 10.9. The summed E-state index contributed by atoms with van der Waals surface area (Å²) >= 11 is 0. The molecule has 7 nitrogen and oxygen atoms in total. The van der Waals surface area contributed by atoms with E-state index in [4.69, 9.17) is 5.11 Å². The Bertz CT molecular complexity index is 848. The normalized spacial score (nSPS) is 24.8. The van der Waals surface area contributed by atoms with Gasteiger partial charge in [0.2, 0.25) is 20.0 Å². The van der Waals surface area contributed by atoms with Gasteiger partial charge < -0.3 is 5.11 Å². The van der Waals surface area contributed by atoms with Crippen LogP contribution in [0.2, 0.25) is 0 Å². The summed E-state index contributed by atoms with van der Waals surface area (Å²) in [6, 6.07) is 5.42. The molecule has 1 aliphatic heterocycles. The van der Waals surface area contributed by atoms with E-state index in [9.17, 15) is 16.8 Å². The Morgan fingerprint density at radius 2 is 1.77 bits per heavy atom. The molecule has 1 atom stereocenters. The van der Waals surface area contributed by atoms with E-state index in [0.717, 1.165) is 25.7 Å². The van der Waals surface area contributed by atoms with Crippen LogP contribution in [0.5, 0.6) is 0 Å². The molecule has 1 saturated carbocycles. The first-order valence-electron chi connectivity index (χ1n) is 8.95. The molecule has 1 aromatic carbocycles. The van der Waals surface area contributed by atoms with Crippen molar-refractivity contribution < 1.29 is 21.9 Å². The maximum absolute atomic E-state index is 13.1. The summed E-state index contributed by atoms with van der Waals surface area (Å²) in [6.45, 7) is 2.38. The van der Waals surface area contributed by atoms with Gasteiger partial charge in [0, 0.05) is 24.7 Å². The first kappa shape index (κ1) is 19.8. The number of hydrogen-bond acceptors (Lipinski definition) is 5. The highest BCUT2D eigenvalue weighted by Gasteiger charge is 2.43. The topological polar surface area (TPSA) is 104 Å². The van der Waals surface area contributed by atoms with Gasteiger partial charge in [0.25, 0.3) is 0 Å². The molecule has 1 heterocycles. The van der Waals surface area contributed by atoms with Gasteiger partial charge in [-0.3, -0.25) is 0 Å². The smallest absolute Gasteiger partial charge is 0.243 e. The molecule has 2 N–H and O–H groups in total. The average Bonchev–Trinajstić information content (AvgIpc) is 3.31. The lowest BCUT2D eigenvalue weighted by molar-refractivity contribution is 0.209. The zero-order valence-corrected chi connectivity index (χ0v) is 16.5. The summed E-state index contributed by atoms with van der Waals surface area (Å²) in [4.78, 5) is 0.174. The standard InChI is InChI=1S/C17H26N2O5S2/c1-17(11-3-13-20)10-2-12-19(17)26(23,24)16-8-6-15(7-9-16)25(21,22)18-14-4-5-14/h6-9,14,18,20H,2-5,10-13H2,1H3/t17-/m0/s1. The lowest BCUT2D eigenvalue weighted by Gasteiger charge is -2.34. The number of nitrogens with one attached hydrogen (secondary N) is 1. The predicted octanol–water partition coefficient (Wildman–Crippen LogP) is 1.44. The predicted molar refractivity (Wildman–Crippen MR) is 97.6 cm³/mol. The van der Waals surface area contributed by atoms with Crippen LogP contribution in [-0.2, 0) is 20.0 Å². The highest BCUT2D eigenvalue weighted by atomic mass is 32.2. The van der Waals surface area contributed by atoms with E-state index < -0.39 is 25.6 Å². The Morgan fingerprint density at radius 3 is 2.35 bits per heavy atom. The third-order valence-corrected chi connectivity index (χ3v) is 8.78. The largest absolute Gasteiger partial charge is 0.396 e. The van der Waals surface area contributed by atoms with E-state index >= 15 is 0 Å². The minimum Gasteiger partial charge on any atom is -0.396 e. The molecule has 0 bridgehead atoms. The molecule has 0 spiro atoms. The molecule has 0 radical (unpaired) electrons. The second kappa shape index (κ2) is 7.20. The number of hydrogen-bond donors (Lipinski definition) is 2. The first-order chi connectivity index (χ1) is 12.2. The maximum atomic E-state index is 13.1. The van der Waals surface area contributed by atoms with Crippen molar-refractivity contribution in [2.75, 3.05) is 13.2 Å². The number of aliphatic hydroxyl groups is 1. The van der Waals surface area contributed by atoms with Crippen molar-refractivity contribution in [2.45, 2.75) is 66.8 Å². The van der Waals surface area contributed by atoms with Crippen LogP contribution >= 0.6 is 0 Å². The third kappa shape index (κ3) is 3.96. The van der Waals surface area contributed by atoms with Crippen molar-refractivity contribution in [1.29, 1.82) is 0 Å². The fourth-order valence-corrected chi connectivity index (χ4v) is 6.70. The third-order valence-electron chi connectivity index (χ3n) is 5.17. The molecule has 0 unspecified atom stereocenters. The molecule has 146 valence electrons. The monoisotopic (exact) mass is 402 g/mol. The fourth-order valence-electron chi connectivity index (χ4n) is 3.52. The summed E-state index contributed by atoms with van der Waals surface area (Å²) < 4.78 is 54.7. The molecule has 1 saturated heterocycles. The SMILES string of the molecule is C[C@@]1(CCCO)CCCN1S(=O)(=O)c1ccc(S(=O)(=O)NC2CC2)cc1. The van der Waals surface area contributed by atoms with Gasteiger partial charge in [-0.05, 0) is 69.7 Å². The van der Waals surface area contributed by atoms with Gasteiger partial charge >= 0.3 is 0 Å². The first-order valence-corrected chi connectivity index (χ1v) is 11.9. The Hall–Kier alpha value is -1.00. The lowest BCUT2D eigenvalue weighted by atomic mass is 9.94. The molecule has 2 aliphatic rings. The molecular weight excluding hydrogens is 376 g/mol. The van der Waals surface area contributed by atoms with Crippen molar-refractivity contribution in [3.8, 4) is 0 Å². The van der Waals surface area contributed by atoms with Crippen LogP contribution in [0.25, 0.3) is 0 Å². The molecule has 0 aromatic heterocycles. The summed E-state index contributed by atoms with van der Waals surface area (Å²) in [5, 5.41) is 9.09. The Balaban J connectivity index is 1.83. The summed E-state index contributed by atoms with van der Waals surface area (Å²) in [6.07, 6.45) is 4.36. The van der Waals surface area contributed by atoms with Crippen LogP contribution in [0.3, 0.4) is 0 Å². The Kier molecular flexibility index (Phi) is 5.47. The van der Waals surface area contributed by atoms with Gasteiger partial charge in [-0.25, -0.2) is 21.6 Å². The van der Waals surface area contributed by atoms with E-state index in [1.807, 2.05) is 6.92 Å². The van der Waals surface area contributed by atoms with E-state index in [1.54, 1.807) is 0 Å². The van der Waals surface area contributed by atoms with Crippen molar-refractivity contribution in [2.24, 2.45) is 0 Å². The quantitative estimate of drug-likeness (QED) is 0.685. The van der Waals surface area contributed by atoms with E-state index in [1.165, 1.54) is 28.6 Å². The van der Waals surface area contributed by atoms with Crippen LogP contribution < -0.4 is 4.72 Å². The molecule has 1 aliphatic carbocycles. The Labute approximate surface area is 155 Å². The van der Waals surface area contributed by atoms with Gasteiger partial charge in [0.05, 0.1) is 9.79 Å². The van der Waals surface area contributed by atoms with Gasteiger partial charge in [-0.2, -0.15) is 4.31 Å². The summed E-state index contributed by atoms with van der Waals surface area (Å²) in [7, 11) is -7.31. The highest BCUT2D eigenvalue weighted by molar-refractivity contribution is 7.89. The minimum atomic E-state index is -3.71. The molecular formula is C17H26N2O5S2. The number of nitrogens with zero attached hydrogens (tertiary/aromatic N) is 1.